The third kappa shape index (κ3) is 3.76. The highest BCUT2D eigenvalue weighted by Crippen LogP contribution is 2.33. The molecule has 1 aliphatic heterocycles. The fourth-order valence-corrected chi connectivity index (χ4v) is 3.43. The lowest BCUT2D eigenvalue weighted by Crippen LogP contribution is -2.29. The second-order valence-corrected chi connectivity index (χ2v) is 7.07. The lowest BCUT2D eigenvalue weighted by atomic mass is 10.1. The minimum Gasteiger partial charge on any atom is -0.457 e. The van der Waals surface area contributed by atoms with Gasteiger partial charge in [0, 0.05) is 12.1 Å². The number of hydrogen-bond donors (Lipinski definition) is 0. The summed E-state index contributed by atoms with van der Waals surface area (Å²) in [5, 5.41) is 11.1. The van der Waals surface area contributed by atoms with E-state index in [0.29, 0.717) is 5.56 Å². The van der Waals surface area contributed by atoms with Crippen LogP contribution in [-0.4, -0.2) is 22.7 Å². The maximum Gasteiger partial charge on any atom is 0.338 e. The fourth-order valence-electron chi connectivity index (χ4n) is 3.21. The van der Waals surface area contributed by atoms with Gasteiger partial charge in [0.2, 0.25) is 0 Å². The van der Waals surface area contributed by atoms with Gasteiger partial charge in [-0.3, -0.25) is 19.7 Å². The first kappa shape index (κ1) is 20.2. The van der Waals surface area contributed by atoms with Crippen molar-refractivity contribution in [1.82, 2.24) is 0 Å². The summed E-state index contributed by atoms with van der Waals surface area (Å²) in [6.07, 6.45) is 0. The van der Waals surface area contributed by atoms with Crippen LogP contribution in [0.25, 0.3) is 0 Å². The van der Waals surface area contributed by atoms with Crippen molar-refractivity contribution in [2.75, 3.05) is 4.90 Å². The van der Waals surface area contributed by atoms with E-state index in [1.54, 1.807) is 30.3 Å². The highest BCUT2D eigenvalue weighted by molar-refractivity contribution is 6.39. The maximum absolute atomic E-state index is 12.8. The summed E-state index contributed by atoms with van der Waals surface area (Å²) >= 11 is 6.13. The molecule has 4 rings (SSSR count). The Balaban J connectivity index is 1.54. The molecule has 0 unspecified atom stereocenters. The molecule has 3 aromatic rings. The van der Waals surface area contributed by atoms with E-state index in [4.69, 9.17) is 16.3 Å². The summed E-state index contributed by atoms with van der Waals surface area (Å²) in [6.45, 7) is -0.184. The minimum absolute atomic E-state index is 0.0646. The molecule has 8 nitrogen and oxygen atoms in total. The molecular formula is C22H13ClN2O6. The van der Waals surface area contributed by atoms with Crippen LogP contribution in [0.2, 0.25) is 5.02 Å². The first-order valence-electron chi connectivity index (χ1n) is 9.04. The predicted molar refractivity (Wildman–Crippen MR) is 111 cm³/mol. The molecule has 2 amide bonds. The van der Waals surface area contributed by atoms with Gasteiger partial charge in [-0.25, -0.2) is 9.69 Å². The normalized spacial score (nSPS) is 12.6. The number of anilines is 1. The number of esters is 1. The Morgan fingerprint density at radius 1 is 0.968 bits per heavy atom. The third-order valence-corrected chi connectivity index (χ3v) is 5.03. The van der Waals surface area contributed by atoms with Crippen LogP contribution in [0, 0.1) is 10.1 Å². The van der Waals surface area contributed by atoms with E-state index in [1.165, 1.54) is 36.4 Å². The molecule has 1 aliphatic rings. The van der Waals surface area contributed by atoms with Crippen LogP contribution >= 0.6 is 11.6 Å². The van der Waals surface area contributed by atoms with E-state index < -0.39 is 22.7 Å². The Morgan fingerprint density at radius 3 is 2.45 bits per heavy atom. The van der Waals surface area contributed by atoms with Gasteiger partial charge in [-0.2, -0.15) is 0 Å². The second kappa shape index (κ2) is 8.00. The average Bonchev–Trinajstić information content (AvgIpc) is 3.02. The molecule has 0 aromatic heterocycles. The van der Waals surface area contributed by atoms with Crippen LogP contribution in [0.15, 0.2) is 66.7 Å². The monoisotopic (exact) mass is 436 g/mol. The van der Waals surface area contributed by atoms with Crippen LogP contribution < -0.4 is 4.90 Å². The number of carbonyl (C=O) groups is 3. The van der Waals surface area contributed by atoms with Gasteiger partial charge in [0.1, 0.15) is 6.61 Å². The molecule has 0 N–H and O–H groups in total. The zero-order valence-corrected chi connectivity index (χ0v) is 16.5. The van der Waals surface area contributed by atoms with Gasteiger partial charge in [-0.05, 0) is 35.9 Å². The molecule has 31 heavy (non-hydrogen) atoms. The molecule has 0 bridgehead atoms. The largest absolute Gasteiger partial charge is 0.457 e. The number of para-hydroxylation sites is 1. The van der Waals surface area contributed by atoms with Crippen LogP contribution in [0.3, 0.4) is 0 Å². The number of benzene rings is 3. The smallest absolute Gasteiger partial charge is 0.338 e. The Bertz CT molecular complexity index is 1260. The topological polar surface area (TPSA) is 107 Å². The molecular weight excluding hydrogens is 424 g/mol. The van der Waals surface area contributed by atoms with Crippen molar-refractivity contribution in [3.05, 3.63) is 104 Å². The number of halogens is 1. The number of nitro groups is 1. The molecule has 0 spiro atoms. The van der Waals surface area contributed by atoms with Crippen molar-refractivity contribution in [3.63, 3.8) is 0 Å². The molecule has 1 heterocycles. The zero-order valence-electron chi connectivity index (χ0n) is 15.8. The number of hydrogen-bond acceptors (Lipinski definition) is 6. The van der Waals surface area contributed by atoms with Crippen LogP contribution in [0.5, 0.6) is 0 Å². The minimum atomic E-state index is -0.731. The van der Waals surface area contributed by atoms with Crippen molar-refractivity contribution >= 4 is 40.8 Å². The number of nitro benzene ring substituents is 1. The van der Waals surface area contributed by atoms with Gasteiger partial charge in [-0.15, -0.1) is 0 Å². The summed E-state index contributed by atoms with van der Waals surface area (Å²) < 4.78 is 5.21. The highest BCUT2D eigenvalue weighted by atomic mass is 35.5. The Morgan fingerprint density at radius 2 is 1.71 bits per heavy atom. The van der Waals surface area contributed by atoms with Gasteiger partial charge in [0.25, 0.3) is 17.5 Å². The maximum atomic E-state index is 12.8. The number of carbonyl (C=O) groups excluding carboxylic acids is 3. The lowest BCUT2D eigenvalue weighted by molar-refractivity contribution is -0.384. The highest BCUT2D eigenvalue weighted by Gasteiger charge is 2.38. The number of non-ortho nitro benzene ring substituents is 1. The van der Waals surface area contributed by atoms with Crippen molar-refractivity contribution in [2.24, 2.45) is 0 Å². The van der Waals surface area contributed by atoms with Crippen molar-refractivity contribution in [1.29, 1.82) is 0 Å². The van der Waals surface area contributed by atoms with E-state index in [2.05, 4.69) is 0 Å². The average molecular weight is 437 g/mol. The quantitative estimate of drug-likeness (QED) is 0.254. The number of ether oxygens (including phenoxy) is 1. The Hall–Kier alpha value is -4.04. The number of imide groups is 1. The predicted octanol–water partition coefficient (Wildman–Crippen LogP) is 4.41. The van der Waals surface area contributed by atoms with Crippen molar-refractivity contribution in [3.8, 4) is 0 Å². The molecule has 9 heteroatoms. The van der Waals surface area contributed by atoms with Crippen molar-refractivity contribution in [2.45, 2.75) is 6.61 Å². The number of amides is 2. The first-order valence-corrected chi connectivity index (χ1v) is 9.42. The van der Waals surface area contributed by atoms with Gasteiger partial charge >= 0.3 is 5.97 Å². The Labute approximate surface area is 180 Å². The number of rotatable bonds is 5. The van der Waals surface area contributed by atoms with E-state index in [1.807, 2.05) is 0 Å². The molecule has 3 aromatic carbocycles. The zero-order chi connectivity index (χ0) is 22.1. The molecule has 0 saturated heterocycles. The van der Waals surface area contributed by atoms with Gasteiger partial charge in [0.15, 0.2) is 0 Å². The first-order chi connectivity index (χ1) is 14.9. The molecule has 0 saturated carbocycles. The number of fused-ring (bicyclic) bond motifs is 1. The summed E-state index contributed by atoms with van der Waals surface area (Å²) in [7, 11) is 0. The van der Waals surface area contributed by atoms with Crippen LogP contribution in [0.1, 0.15) is 36.6 Å². The van der Waals surface area contributed by atoms with Gasteiger partial charge < -0.3 is 4.74 Å². The molecule has 154 valence electrons. The van der Waals surface area contributed by atoms with Crippen LogP contribution in [-0.2, 0) is 11.3 Å². The summed E-state index contributed by atoms with van der Waals surface area (Å²) in [4.78, 5) is 49.3. The summed E-state index contributed by atoms with van der Waals surface area (Å²) in [6, 6.07) is 16.2. The molecule has 0 aliphatic carbocycles. The van der Waals surface area contributed by atoms with E-state index in [-0.39, 0.29) is 39.7 Å². The molecule has 0 atom stereocenters. The number of nitrogens with zero attached hydrogens (tertiary/aromatic N) is 2. The third-order valence-electron chi connectivity index (χ3n) is 4.71. The van der Waals surface area contributed by atoms with Crippen molar-refractivity contribution < 1.29 is 24.0 Å². The summed E-state index contributed by atoms with van der Waals surface area (Å²) in [5.41, 5.74) is 0.876. The molecule has 0 radical (unpaired) electrons. The van der Waals surface area contributed by atoms with Gasteiger partial charge in [0.05, 0.1) is 32.3 Å². The lowest BCUT2D eigenvalue weighted by Gasteiger charge is -2.15. The molecule has 0 fully saturated rings. The van der Waals surface area contributed by atoms with Crippen LogP contribution in [0.4, 0.5) is 11.4 Å². The summed E-state index contributed by atoms with van der Waals surface area (Å²) in [5.74, 6) is -1.86. The van der Waals surface area contributed by atoms with E-state index >= 15 is 0 Å². The van der Waals surface area contributed by atoms with Gasteiger partial charge in [-0.1, -0.05) is 35.9 Å². The standard InChI is InChI=1S/C22H13ClN2O6/c23-18-6-1-2-7-19(18)24-20(26)16-9-8-14(11-17(16)21(24)27)22(28)31-12-13-4-3-5-15(10-13)25(29)30/h1-11H,12H2. The Kier molecular flexibility index (Phi) is 5.22. The fraction of sp³-hybridized carbons (Fsp3) is 0.0455. The second-order valence-electron chi connectivity index (χ2n) is 6.66. The van der Waals surface area contributed by atoms with E-state index in [9.17, 15) is 24.5 Å². The van der Waals surface area contributed by atoms with E-state index in [0.717, 1.165) is 4.90 Å². The SMILES string of the molecule is O=C(OCc1cccc([N+](=O)[O-])c1)c1ccc2c(c1)C(=O)N(c1ccccc1Cl)C2=O.